The number of hydrogen-bond acceptors (Lipinski definition) is 14. The number of esters is 3. The Morgan fingerprint density at radius 2 is 0.495 bits per heavy atom. The maximum absolute atomic E-state index is 12.9. The average Bonchev–Trinajstić information content (AvgIpc) is 0.924. The van der Waals surface area contributed by atoms with Crippen molar-refractivity contribution in [1.82, 2.24) is 0 Å². The van der Waals surface area contributed by atoms with Crippen LogP contribution in [0, 0.1) is 0 Å². The number of rotatable bonds is 71. The van der Waals surface area contributed by atoms with E-state index in [9.17, 15) is 43.5 Å². The molecule has 0 aliphatic rings. The predicted molar refractivity (Wildman–Crippen MR) is 426 cm³/mol. The van der Waals surface area contributed by atoms with Gasteiger partial charge in [-0.05, 0) is 154 Å². The lowest BCUT2D eigenvalue weighted by atomic mass is 10.0. The van der Waals surface area contributed by atoms with Gasteiger partial charge in [0.1, 0.15) is 25.4 Å². The Balaban J connectivity index is 4.66. The Morgan fingerprint density at radius 3 is 0.816 bits per heavy atom. The maximum atomic E-state index is 12.9. The molecule has 18 heteroatoms. The van der Waals surface area contributed by atoms with Crippen molar-refractivity contribution in [3.63, 3.8) is 0 Å². The summed E-state index contributed by atoms with van der Waals surface area (Å²) >= 11 is 0. The Kier molecular flexibility index (Phi) is 71.9. The van der Waals surface area contributed by atoms with Crippen LogP contribution in [-0.4, -0.2) is 95.9 Å². The zero-order valence-corrected chi connectivity index (χ0v) is 65.2. The van der Waals surface area contributed by atoms with Crippen molar-refractivity contribution in [2.45, 2.75) is 283 Å². The van der Waals surface area contributed by atoms with E-state index in [0.29, 0.717) is 25.7 Å². The number of phosphoric ester groups is 2. The first-order valence-corrected chi connectivity index (χ1v) is 41.7. The molecule has 0 amide bonds. The first-order chi connectivity index (χ1) is 50.2. The van der Waals surface area contributed by atoms with E-state index in [4.69, 9.17) is 32.3 Å². The van der Waals surface area contributed by atoms with Crippen LogP contribution in [0.15, 0.2) is 194 Å². The second kappa shape index (κ2) is 76.1. The topological polar surface area (TPSA) is 231 Å². The molecule has 16 nitrogen and oxygen atoms in total. The van der Waals surface area contributed by atoms with Crippen LogP contribution in [0.4, 0.5) is 0 Å². The van der Waals surface area contributed by atoms with Crippen LogP contribution in [0.2, 0.25) is 0 Å². The molecule has 0 radical (unpaired) electrons. The summed E-state index contributed by atoms with van der Waals surface area (Å²) in [5.41, 5.74) is 0. The van der Waals surface area contributed by atoms with Crippen molar-refractivity contribution in [2.75, 3.05) is 39.6 Å². The van der Waals surface area contributed by atoms with Crippen LogP contribution in [0.25, 0.3) is 0 Å². The Labute approximate surface area is 623 Å². The van der Waals surface area contributed by atoms with Crippen molar-refractivity contribution in [2.24, 2.45) is 0 Å². The van der Waals surface area contributed by atoms with Gasteiger partial charge in [-0.15, -0.1) is 0 Å². The normalized spacial score (nSPS) is 15.1. The van der Waals surface area contributed by atoms with Gasteiger partial charge in [0.25, 0.3) is 0 Å². The summed E-state index contributed by atoms with van der Waals surface area (Å²) in [7, 11) is -9.84. The first-order valence-electron chi connectivity index (χ1n) is 38.7. The molecule has 0 spiro atoms. The predicted octanol–water partition coefficient (Wildman–Crippen LogP) is 22.8. The van der Waals surface area contributed by atoms with E-state index in [1.807, 2.05) is 12.2 Å². The molecule has 0 aromatic heterocycles. The van der Waals surface area contributed by atoms with Crippen LogP contribution in [0.1, 0.15) is 265 Å². The van der Waals surface area contributed by atoms with Crippen molar-refractivity contribution in [3.05, 3.63) is 194 Å². The molecule has 0 heterocycles. The van der Waals surface area contributed by atoms with Crippen LogP contribution in [0.5, 0.6) is 0 Å². The van der Waals surface area contributed by atoms with E-state index in [1.165, 1.54) is 57.8 Å². The third-order valence-corrected chi connectivity index (χ3v) is 17.2. The van der Waals surface area contributed by atoms with E-state index in [-0.39, 0.29) is 19.3 Å². The highest BCUT2D eigenvalue weighted by Gasteiger charge is 2.29. The number of hydrogen-bond donors (Lipinski definition) is 4. The van der Waals surface area contributed by atoms with Gasteiger partial charge in [-0.25, -0.2) is 9.13 Å². The van der Waals surface area contributed by atoms with E-state index < -0.39 is 91.5 Å². The molecular formula is C85H136O16P2. The van der Waals surface area contributed by atoms with Gasteiger partial charge >= 0.3 is 33.6 Å². The molecular weight excluding hydrogens is 1340 g/mol. The van der Waals surface area contributed by atoms with Crippen LogP contribution >= 0.6 is 15.6 Å². The largest absolute Gasteiger partial charge is 0.472 e. The van der Waals surface area contributed by atoms with Gasteiger partial charge in [-0.3, -0.25) is 32.5 Å². The van der Waals surface area contributed by atoms with Crippen molar-refractivity contribution >= 4 is 33.6 Å². The zero-order chi connectivity index (χ0) is 75.2. The van der Waals surface area contributed by atoms with E-state index >= 15 is 0 Å². The number of carbonyl (C=O) groups excluding carboxylic acids is 3. The highest BCUT2D eigenvalue weighted by atomic mass is 31.2. The van der Waals surface area contributed by atoms with E-state index in [2.05, 4.69) is 203 Å². The van der Waals surface area contributed by atoms with Gasteiger partial charge in [0, 0.05) is 19.3 Å². The lowest BCUT2D eigenvalue weighted by Gasteiger charge is -2.21. The number of unbranched alkanes of at least 4 members (excludes halogenated alkanes) is 16. The zero-order valence-electron chi connectivity index (χ0n) is 63.4. The number of carbonyl (C=O) groups is 3. The number of allylic oxidation sites excluding steroid dienone is 32. The number of aliphatic hydroxyl groups is 2. The van der Waals surface area contributed by atoms with Gasteiger partial charge in [-0.2, -0.15) is 0 Å². The lowest BCUT2D eigenvalue weighted by Crippen LogP contribution is -2.30. The minimum absolute atomic E-state index is 0.00838. The molecule has 0 bridgehead atoms. The summed E-state index contributed by atoms with van der Waals surface area (Å²) in [4.78, 5) is 58.6. The molecule has 5 unspecified atom stereocenters. The first kappa shape index (κ1) is 97.4. The Hall–Kier alpha value is -5.61. The highest BCUT2D eigenvalue weighted by Crippen LogP contribution is 2.45. The molecule has 4 N–H and O–H groups in total. The summed E-state index contributed by atoms with van der Waals surface area (Å²) in [6.45, 7) is 2.19. The van der Waals surface area contributed by atoms with E-state index in [0.717, 1.165) is 141 Å². The molecule has 5 atom stereocenters. The summed E-state index contributed by atoms with van der Waals surface area (Å²) < 4.78 is 61.0. The van der Waals surface area contributed by atoms with Crippen LogP contribution in [-0.2, 0) is 55.8 Å². The number of phosphoric acid groups is 2. The molecule has 103 heavy (non-hydrogen) atoms. The SMILES string of the molecule is CC/C=C\C/C=C\C/C=C\C/C=C\C/C=C\C/C=C\CCCCC(=O)OCC(COP(=O)(O)OCC(O)COP(=O)(O)OCC(O)COC(=O)CCCCCCCCCCCCCCC/C=C\C/C=C\C/C=C\C/C=C\C/C=C\CC)OC(=O)CCC/C=C\C/C=C\C/C=C\C/C=C\C/C=C\CC. The standard InChI is InChI=1S/C85H136O16P2/c1-4-7-10-13-16-19-22-25-28-31-33-35-36-37-38-39-40-41-42-44-46-48-50-53-56-59-62-65-68-71-83(88)95-74-80(86)75-97-102(91,92)98-76-81(87)77-99-103(93,94)100-79-82(101-85(90)73-70-67-64-61-58-55-52-47-30-27-24-21-18-15-12-9-6-3)78-96-84(89)72-69-66-63-60-57-54-51-49-45-43-34-32-29-26-23-20-17-14-11-8-5-2/h7-12,16-21,25-30,33-35,37-38,43,49,51-52,55,57,60-61,64,80-82,86-87H,4-6,13-15,22-24,31-32,36,39-42,44-48,50,53-54,56,58-59,62-63,65-79H2,1-3H3,(H,91,92)(H,93,94)/b10-7-,11-8-,12-9-,19-16-,20-17-,21-18-,28-25-,29-26-,30-27-,35-33-,38-37-,43-34-,51-49-,55-52-,60-57-,64-61-. The third kappa shape index (κ3) is 77.3. The van der Waals surface area contributed by atoms with Gasteiger partial charge in [0.05, 0.1) is 26.4 Å². The Bertz CT molecular complexity index is 2650. The molecule has 0 aromatic carbocycles. The lowest BCUT2D eigenvalue weighted by molar-refractivity contribution is -0.161. The number of ether oxygens (including phenoxy) is 3. The van der Waals surface area contributed by atoms with Crippen LogP contribution in [0.3, 0.4) is 0 Å². The highest BCUT2D eigenvalue weighted by molar-refractivity contribution is 7.47. The fourth-order valence-corrected chi connectivity index (χ4v) is 11.1. The second-order valence-corrected chi connectivity index (χ2v) is 27.9. The molecule has 0 aliphatic heterocycles. The van der Waals surface area contributed by atoms with Crippen molar-refractivity contribution in [1.29, 1.82) is 0 Å². The summed E-state index contributed by atoms with van der Waals surface area (Å²) in [6, 6.07) is 0. The molecule has 582 valence electrons. The van der Waals surface area contributed by atoms with Gasteiger partial charge in [0.15, 0.2) is 6.10 Å². The molecule has 0 saturated heterocycles. The van der Waals surface area contributed by atoms with Gasteiger partial charge < -0.3 is 34.2 Å². The minimum atomic E-state index is -4.96. The Morgan fingerprint density at radius 1 is 0.272 bits per heavy atom. The van der Waals surface area contributed by atoms with E-state index in [1.54, 1.807) is 0 Å². The van der Waals surface area contributed by atoms with Gasteiger partial charge in [0.2, 0.25) is 0 Å². The summed E-state index contributed by atoms with van der Waals surface area (Å²) in [6.07, 6.45) is 99.3. The fraction of sp³-hybridized carbons (Fsp3) is 0.588. The monoisotopic (exact) mass is 1470 g/mol. The van der Waals surface area contributed by atoms with Gasteiger partial charge in [-0.1, -0.05) is 286 Å². The second-order valence-electron chi connectivity index (χ2n) is 25.0. The van der Waals surface area contributed by atoms with Crippen molar-refractivity contribution < 1.29 is 75.8 Å². The summed E-state index contributed by atoms with van der Waals surface area (Å²) in [5.74, 6) is -1.71. The maximum Gasteiger partial charge on any atom is 0.472 e. The van der Waals surface area contributed by atoms with Crippen LogP contribution < -0.4 is 0 Å². The molecule has 0 aliphatic carbocycles. The fourth-order valence-electron chi connectivity index (χ4n) is 9.52. The summed E-state index contributed by atoms with van der Waals surface area (Å²) in [5, 5.41) is 20.6. The average molecular weight is 1480 g/mol. The van der Waals surface area contributed by atoms with Crippen molar-refractivity contribution in [3.8, 4) is 0 Å². The number of aliphatic hydroxyl groups excluding tert-OH is 2. The minimum Gasteiger partial charge on any atom is -0.463 e. The quantitative estimate of drug-likeness (QED) is 0.0146. The third-order valence-electron chi connectivity index (χ3n) is 15.3. The molecule has 0 rings (SSSR count). The smallest absolute Gasteiger partial charge is 0.463 e. The molecule has 0 saturated carbocycles. The molecule has 0 aromatic rings. The molecule has 0 fully saturated rings.